The predicted octanol–water partition coefficient (Wildman–Crippen LogP) is 1.51. The van der Waals surface area contributed by atoms with E-state index >= 15 is 0 Å². The van der Waals surface area contributed by atoms with Crippen LogP contribution in [0.1, 0.15) is 50.5 Å². The Morgan fingerprint density at radius 1 is 1.27 bits per heavy atom. The topological polar surface area (TPSA) is 87.6 Å². The number of ether oxygens (including phenoxy) is 1. The van der Waals surface area contributed by atoms with Crippen LogP contribution in [-0.4, -0.2) is 58.2 Å². The van der Waals surface area contributed by atoms with Gasteiger partial charge in [-0.2, -0.15) is 0 Å². The van der Waals surface area contributed by atoms with Crippen molar-refractivity contribution in [3.8, 4) is 6.01 Å². The van der Waals surface area contributed by atoms with Crippen molar-refractivity contribution in [2.24, 2.45) is 5.92 Å². The lowest BCUT2D eigenvalue weighted by Gasteiger charge is -2.28. The van der Waals surface area contributed by atoms with Gasteiger partial charge >= 0.3 is 6.01 Å². The number of likely N-dealkylation sites (tertiary alicyclic amines) is 1. The molecule has 2 fully saturated rings. The van der Waals surface area contributed by atoms with Gasteiger partial charge in [0.1, 0.15) is 0 Å². The molecule has 1 unspecified atom stereocenters. The standard InChI is InChI=1S/C19H30N4O3/c1-26-18-20-11-15(12-21-18)13-23-9-4-7-19(25,8-10-23)14-22-17(24)16-5-2-3-6-16/h11-12,16,25H,2-10,13-14H2,1H3,(H,22,24). The van der Waals surface area contributed by atoms with Gasteiger partial charge in [0.05, 0.1) is 12.7 Å². The third-order valence-electron chi connectivity index (χ3n) is 5.60. The fourth-order valence-corrected chi connectivity index (χ4v) is 3.94. The molecule has 1 aliphatic heterocycles. The van der Waals surface area contributed by atoms with Gasteiger partial charge in [0.25, 0.3) is 0 Å². The van der Waals surface area contributed by atoms with Crippen molar-refractivity contribution in [1.82, 2.24) is 20.2 Å². The van der Waals surface area contributed by atoms with Crippen LogP contribution in [0.3, 0.4) is 0 Å². The Hall–Kier alpha value is -1.73. The van der Waals surface area contributed by atoms with Crippen LogP contribution in [-0.2, 0) is 11.3 Å². The third-order valence-corrected chi connectivity index (χ3v) is 5.60. The van der Waals surface area contributed by atoms with E-state index in [1.54, 1.807) is 19.5 Å². The van der Waals surface area contributed by atoms with E-state index in [4.69, 9.17) is 4.74 Å². The summed E-state index contributed by atoms with van der Waals surface area (Å²) in [5.74, 6) is 0.267. The number of aromatic nitrogens is 2. The monoisotopic (exact) mass is 362 g/mol. The van der Waals surface area contributed by atoms with E-state index in [2.05, 4.69) is 20.2 Å². The average molecular weight is 362 g/mol. The Bertz CT molecular complexity index is 589. The number of carbonyl (C=O) groups is 1. The van der Waals surface area contributed by atoms with Crippen LogP contribution in [0.2, 0.25) is 0 Å². The fraction of sp³-hybridized carbons (Fsp3) is 0.737. The predicted molar refractivity (Wildman–Crippen MR) is 97.6 cm³/mol. The van der Waals surface area contributed by atoms with Gasteiger partial charge in [0.2, 0.25) is 5.91 Å². The molecule has 1 amide bonds. The third kappa shape index (κ3) is 5.14. The van der Waals surface area contributed by atoms with E-state index in [9.17, 15) is 9.90 Å². The van der Waals surface area contributed by atoms with Crippen LogP contribution < -0.4 is 10.1 Å². The van der Waals surface area contributed by atoms with Crippen molar-refractivity contribution in [3.05, 3.63) is 18.0 Å². The molecule has 7 heteroatoms. The zero-order chi connectivity index (χ0) is 18.4. The first kappa shape index (κ1) is 19.0. The lowest BCUT2D eigenvalue weighted by Crippen LogP contribution is -2.45. The minimum absolute atomic E-state index is 0.118. The molecule has 0 spiro atoms. The number of nitrogens with zero attached hydrogens (tertiary/aromatic N) is 3. The number of rotatable bonds is 6. The summed E-state index contributed by atoms with van der Waals surface area (Å²) in [5, 5.41) is 13.9. The van der Waals surface area contributed by atoms with E-state index in [-0.39, 0.29) is 11.8 Å². The summed E-state index contributed by atoms with van der Waals surface area (Å²) in [7, 11) is 1.55. The molecule has 1 saturated carbocycles. The van der Waals surface area contributed by atoms with Crippen molar-refractivity contribution in [2.45, 2.75) is 57.1 Å². The fourth-order valence-electron chi connectivity index (χ4n) is 3.94. The largest absolute Gasteiger partial charge is 0.467 e. The molecule has 26 heavy (non-hydrogen) atoms. The molecule has 144 valence electrons. The molecule has 0 bridgehead atoms. The van der Waals surface area contributed by atoms with Crippen LogP contribution in [0.4, 0.5) is 0 Å². The van der Waals surface area contributed by atoms with Crippen molar-refractivity contribution >= 4 is 5.91 Å². The maximum atomic E-state index is 12.2. The van der Waals surface area contributed by atoms with Gasteiger partial charge < -0.3 is 15.2 Å². The molecule has 7 nitrogen and oxygen atoms in total. The van der Waals surface area contributed by atoms with Gasteiger partial charge in [-0.15, -0.1) is 0 Å². The number of nitrogens with one attached hydrogen (secondary N) is 1. The molecule has 1 aliphatic carbocycles. The lowest BCUT2D eigenvalue weighted by atomic mass is 9.94. The minimum Gasteiger partial charge on any atom is -0.467 e. The second kappa shape index (κ2) is 8.77. The number of hydrogen-bond donors (Lipinski definition) is 2. The minimum atomic E-state index is -0.806. The molecule has 2 heterocycles. The molecule has 2 aliphatic rings. The van der Waals surface area contributed by atoms with Gasteiger partial charge in [-0.05, 0) is 38.6 Å². The number of hydrogen-bond acceptors (Lipinski definition) is 6. The summed E-state index contributed by atoms with van der Waals surface area (Å²) in [6, 6.07) is 0.372. The zero-order valence-electron chi connectivity index (χ0n) is 15.6. The maximum Gasteiger partial charge on any atom is 0.316 e. The average Bonchev–Trinajstić information content (AvgIpc) is 3.13. The van der Waals surface area contributed by atoms with Gasteiger partial charge in [-0.1, -0.05) is 12.8 Å². The Labute approximate surface area is 155 Å². The van der Waals surface area contributed by atoms with Crippen LogP contribution in [0.15, 0.2) is 12.4 Å². The first-order valence-corrected chi connectivity index (χ1v) is 9.65. The zero-order valence-corrected chi connectivity index (χ0v) is 15.6. The molecule has 3 rings (SSSR count). The van der Waals surface area contributed by atoms with Crippen molar-refractivity contribution in [3.63, 3.8) is 0 Å². The normalized spacial score (nSPS) is 25.0. The molecular formula is C19H30N4O3. The summed E-state index contributed by atoms with van der Waals surface area (Å²) in [4.78, 5) is 22.8. The van der Waals surface area contributed by atoms with E-state index in [0.29, 0.717) is 25.4 Å². The molecule has 1 aromatic heterocycles. The SMILES string of the molecule is COc1ncc(CN2CCCC(O)(CNC(=O)C3CCCC3)CC2)cn1. The van der Waals surface area contributed by atoms with E-state index < -0.39 is 5.60 Å². The van der Waals surface area contributed by atoms with E-state index in [1.165, 1.54) is 0 Å². The van der Waals surface area contributed by atoms with Crippen molar-refractivity contribution in [2.75, 3.05) is 26.7 Å². The molecule has 1 atom stereocenters. The summed E-state index contributed by atoms with van der Waals surface area (Å²) >= 11 is 0. The number of methoxy groups -OCH3 is 1. The van der Waals surface area contributed by atoms with Gasteiger partial charge in [0, 0.05) is 43.5 Å². The van der Waals surface area contributed by atoms with Crippen LogP contribution in [0.5, 0.6) is 6.01 Å². The molecule has 0 aromatic carbocycles. The molecule has 1 saturated heterocycles. The number of amides is 1. The highest BCUT2D eigenvalue weighted by molar-refractivity contribution is 5.78. The Morgan fingerprint density at radius 3 is 2.69 bits per heavy atom. The first-order valence-electron chi connectivity index (χ1n) is 9.65. The van der Waals surface area contributed by atoms with Gasteiger partial charge in [0.15, 0.2) is 0 Å². The van der Waals surface area contributed by atoms with Crippen molar-refractivity contribution in [1.29, 1.82) is 0 Å². The summed E-state index contributed by atoms with van der Waals surface area (Å²) in [6.45, 7) is 2.84. The van der Waals surface area contributed by atoms with Gasteiger partial charge in [-0.25, -0.2) is 9.97 Å². The molecular weight excluding hydrogens is 332 g/mol. The highest BCUT2D eigenvalue weighted by Crippen LogP contribution is 2.26. The van der Waals surface area contributed by atoms with Crippen molar-refractivity contribution < 1.29 is 14.6 Å². The molecule has 1 aromatic rings. The highest BCUT2D eigenvalue weighted by Gasteiger charge is 2.32. The lowest BCUT2D eigenvalue weighted by molar-refractivity contribution is -0.126. The summed E-state index contributed by atoms with van der Waals surface area (Å²) in [5.41, 5.74) is 0.227. The number of carbonyl (C=O) groups excluding carboxylic acids is 1. The van der Waals surface area contributed by atoms with E-state index in [0.717, 1.165) is 57.3 Å². The first-order chi connectivity index (χ1) is 12.6. The number of aliphatic hydroxyl groups is 1. The van der Waals surface area contributed by atoms with Crippen LogP contribution in [0.25, 0.3) is 0 Å². The second-order valence-electron chi connectivity index (χ2n) is 7.63. The molecule has 2 N–H and O–H groups in total. The smallest absolute Gasteiger partial charge is 0.316 e. The molecule has 0 radical (unpaired) electrons. The maximum absolute atomic E-state index is 12.2. The summed E-state index contributed by atoms with van der Waals surface area (Å²) < 4.78 is 4.99. The highest BCUT2D eigenvalue weighted by atomic mass is 16.5. The quantitative estimate of drug-likeness (QED) is 0.798. The second-order valence-corrected chi connectivity index (χ2v) is 7.63. The van der Waals surface area contributed by atoms with Gasteiger partial charge in [-0.3, -0.25) is 9.69 Å². The summed E-state index contributed by atoms with van der Waals surface area (Å²) in [6.07, 6.45) is 10.1. The Kier molecular flexibility index (Phi) is 6.43. The Balaban J connectivity index is 1.47. The Morgan fingerprint density at radius 2 is 2.00 bits per heavy atom. The van der Waals surface area contributed by atoms with Crippen LogP contribution in [0, 0.1) is 5.92 Å². The van der Waals surface area contributed by atoms with E-state index in [1.807, 2.05) is 0 Å². The van der Waals surface area contributed by atoms with Crippen LogP contribution >= 0.6 is 0 Å².